The number of nitrogens with one attached hydrogen (secondary N) is 1. The smallest absolute Gasteiger partial charge is 0.0584 e. The lowest BCUT2D eigenvalue weighted by molar-refractivity contribution is 0.187. The highest BCUT2D eigenvalue weighted by Crippen LogP contribution is 2.28. The minimum absolute atomic E-state index is 0.281. The van der Waals surface area contributed by atoms with Crippen molar-refractivity contribution in [2.75, 3.05) is 6.61 Å². The number of hydrogen-bond donors (Lipinski definition) is 2. The Kier molecular flexibility index (Phi) is 7.06. The van der Waals surface area contributed by atoms with Crippen molar-refractivity contribution in [1.29, 1.82) is 0 Å². The first-order valence-electron chi connectivity index (χ1n) is 7.18. The van der Waals surface area contributed by atoms with Gasteiger partial charge in [-0.3, -0.25) is 0 Å². The van der Waals surface area contributed by atoms with Crippen LogP contribution in [0, 0.1) is 5.92 Å². The third-order valence-corrected chi connectivity index (χ3v) is 3.98. The third kappa shape index (κ3) is 4.42. The van der Waals surface area contributed by atoms with E-state index in [1.165, 1.54) is 44.9 Å². The Morgan fingerprint density at radius 1 is 1.19 bits per heavy atom. The second-order valence-electron chi connectivity index (χ2n) is 5.25. The molecule has 0 aromatic rings. The summed E-state index contributed by atoms with van der Waals surface area (Å²) in [5, 5.41) is 13.0. The van der Waals surface area contributed by atoms with E-state index in [-0.39, 0.29) is 6.61 Å². The van der Waals surface area contributed by atoms with Crippen LogP contribution in [0.25, 0.3) is 0 Å². The minimum atomic E-state index is 0.281. The summed E-state index contributed by atoms with van der Waals surface area (Å²) >= 11 is 0. The van der Waals surface area contributed by atoms with E-state index >= 15 is 0 Å². The summed E-state index contributed by atoms with van der Waals surface area (Å²) in [5.74, 6) is 0.856. The lowest BCUT2D eigenvalue weighted by atomic mass is 9.82. The molecule has 0 aliphatic heterocycles. The van der Waals surface area contributed by atoms with Crippen LogP contribution in [0.5, 0.6) is 0 Å². The van der Waals surface area contributed by atoms with Gasteiger partial charge in [0.1, 0.15) is 0 Å². The van der Waals surface area contributed by atoms with Crippen molar-refractivity contribution in [1.82, 2.24) is 5.32 Å². The van der Waals surface area contributed by atoms with Crippen molar-refractivity contribution < 1.29 is 5.11 Å². The maximum absolute atomic E-state index is 9.28. The summed E-state index contributed by atoms with van der Waals surface area (Å²) < 4.78 is 0. The molecule has 16 heavy (non-hydrogen) atoms. The quantitative estimate of drug-likeness (QED) is 0.700. The Morgan fingerprint density at radius 2 is 1.88 bits per heavy atom. The molecule has 0 aromatic carbocycles. The van der Waals surface area contributed by atoms with Crippen LogP contribution in [-0.2, 0) is 0 Å². The number of rotatable bonds is 7. The molecule has 2 nitrogen and oxygen atoms in total. The van der Waals surface area contributed by atoms with Gasteiger partial charge in [0, 0.05) is 12.1 Å². The Hall–Kier alpha value is -0.0800. The van der Waals surface area contributed by atoms with Gasteiger partial charge in [-0.1, -0.05) is 39.5 Å². The molecule has 0 saturated heterocycles. The summed E-state index contributed by atoms with van der Waals surface area (Å²) in [4.78, 5) is 0. The predicted octanol–water partition coefficient (Wildman–Crippen LogP) is 3.10. The van der Waals surface area contributed by atoms with Gasteiger partial charge in [0.15, 0.2) is 0 Å². The largest absolute Gasteiger partial charge is 0.395 e. The maximum Gasteiger partial charge on any atom is 0.0584 e. The number of aliphatic hydroxyl groups is 1. The fraction of sp³-hybridized carbons (Fsp3) is 1.00. The van der Waals surface area contributed by atoms with Crippen molar-refractivity contribution in [2.45, 2.75) is 77.3 Å². The minimum Gasteiger partial charge on any atom is -0.395 e. The van der Waals surface area contributed by atoms with E-state index in [1.54, 1.807) is 0 Å². The Bertz CT molecular complexity index is 162. The lowest BCUT2D eigenvalue weighted by Crippen LogP contribution is -2.44. The molecule has 0 spiro atoms. The molecule has 0 bridgehead atoms. The van der Waals surface area contributed by atoms with Gasteiger partial charge in [0.2, 0.25) is 0 Å². The van der Waals surface area contributed by atoms with Crippen LogP contribution >= 0.6 is 0 Å². The summed E-state index contributed by atoms with van der Waals surface area (Å²) in [5.41, 5.74) is 0. The van der Waals surface area contributed by atoms with Crippen LogP contribution in [0.2, 0.25) is 0 Å². The molecule has 1 saturated carbocycles. The van der Waals surface area contributed by atoms with E-state index in [0.717, 1.165) is 12.3 Å². The monoisotopic (exact) mass is 227 g/mol. The molecule has 2 atom stereocenters. The van der Waals surface area contributed by atoms with Crippen molar-refractivity contribution in [3.05, 3.63) is 0 Å². The van der Waals surface area contributed by atoms with Crippen molar-refractivity contribution in [3.63, 3.8) is 0 Å². The molecular weight excluding hydrogens is 198 g/mol. The Balaban J connectivity index is 2.44. The molecule has 1 fully saturated rings. The molecule has 96 valence electrons. The zero-order chi connectivity index (χ0) is 11.8. The van der Waals surface area contributed by atoms with Crippen LogP contribution in [0.3, 0.4) is 0 Å². The fourth-order valence-electron chi connectivity index (χ4n) is 2.91. The van der Waals surface area contributed by atoms with Gasteiger partial charge in [-0.05, 0) is 31.6 Å². The zero-order valence-corrected chi connectivity index (χ0v) is 11.0. The van der Waals surface area contributed by atoms with Crippen LogP contribution in [0.15, 0.2) is 0 Å². The van der Waals surface area contributed by atoms with E-state index in [4.69, 9.17) is 0 Å². The molecule has 0 aromatic heterocycles. The standard InChI is InChI=1S/C14H29NO/c1-3-8-14(15-13(4-2)11-16)12-9-6-5-7-10-12/h12-16H,3-11H2,1-2H3. The van der Waals surface area contributed by atoms with Gasteiger partial charge in [-0.25, -0.2) is 0 Å². The van der Waals surface area contributed by atoms with E-state index in [2.05, 4.69) is 19.2 Å². The van der Waals surface area contributed by atoms with Gasteiger partial charge in [0.25, 0.3) is 0 Å². The average Bonchev–Trinajstić information content (AvgIpc) is 2.35. The summed E-state index contributed by atoms with van der Waals surface area (Å²) in [6.45, 7) is 4.69. The van der Waals surface area contributed by atoms with Gasteiger partial charge < -0.3 is 10.4 Å². The molecule has 0 heterocycles. The van der Waals surface area contributed by atoms with Crippen LogP contribution < -0.4 is 5.32 Å². The summed E-state index contributed by atoms with van der Waals surface area (Å²) in [7, 11) is 0. The van der Waals surface area contributed by atoms with E-state index in [1.807, 2.05) is 0 Å². The van der Waals surface area contributed by atoms with Gasteiger partial charge >= 0.3 is 0 Å². The molecule has 2 heteroatoms. The van der Waals surface area contributed by atoms with E-state index < -0.39 is 0 Å². The van der Waals surface area contributed by atoms with Crippen LogP contribution in [0.1, 0.15) is 65.2 Å². The molecule has 2 unspecified atom stereocenters. The maximum atomic E-state index is 9.28. The Morgan fingerprint density at radius 3 is 2.38 bits per heavy atom. The van der Waals surface area contributed by atoms with Gasteiger partial charge in [-0.2, -0.15) is 0 Å². The normalized spacial score (nSPS) is 21.9. The Labute approximate surface area is 101 Å². The molecule has 0 amide bonds. The van der Waals surface area contributed by atoms with Gasteiger partial charge in [0.05, 0.1) is 6.61 Å². The van der Waals surface area contributed by atoms with Crippen molar-refractivity contribution in [2.24, 2.45) is 5.92 Å². The SMILES string of the molecule is CCCC(NC(CC)CO)C1CCCCC1. The van der Waals surface area contributed by atoms with E-state index in [9.17, 15) is 5.11 Å². The number of aliphatic hydroxyl groups excluding tert-OH is 1. The molecular formula is C14H29NO. The molecule has 1 aliphatic carbocycles. The first-order chi connectivity index (χ1) is 7.81. The average molecular weight is 227 g/mol. The highest BCUT2D eigenvalue weighted by atomic mass is 16.3. The second-order valence-corrected chi connectivity index (χ2v) is 5.25. The third-order valence-electron chi connectivity index (χ3n) is 3.98. The lowest BCUT2D eigenvalue weighted by Gasteiger charge is -2.33. The predicted molar refractivity (Wildman–Crippen MR) is 69.6 cm³/mol. The van der Waals surface area contributed by atoms with Crippen LogP contribution in [0.4, 0.5) is 0 Å². The molecule has 0 radical (unpaired) electrons. The first kappa shape index (κ1) is 14.0. The first-order valence-corrected chi connectivity index (χ1v) is 7.18. The van der Waals surface area contributed by atoms with E-state index in [0.29, 0.717) is 12.1 Å². The summed E-state index contributed by atoms with van der Waals surface area (Å²) in [6.07, 6.45) is 10.6. The highest BCUT2D eigenvalue weighted by molar-refractivity contribution is 4.81. The topological polar surface area (TPSA) is 32.3 Å². The fourth-order valence-corrected chi connectivity index (χ4v) is 2.91. The molecule has 2 N–H and O–H groups in total. The highest BCUT2D eigenvalue weighted by Gasteiger charge is 2.24. The number of hydrogen-bond acceptors (Lipinski definition) is 2. The van der Waals surface area contributed by atoms with Crippen molar-refractivity contribution in [3.8, 4) is 0 Å². The zero-order valence-electron chi connectivity index (χ0n) is 11.0. The molecule has 1 rings (SSSR count). The van der Waals surface area contributed by atoms with Crippen molar-refractivity contribution >= 4 is 0 Å². The van der Waals surface area contributed by atoms with Crippen LogP contribution in [-0.4, -0.2) is 23.8 Å². The second kappa shape index (κ2) is 8.08. The molecule has 1 aliphatic rings. The summed E-state index contributed by atoms with van der Waals surface area (Å²) in [6, 6.07) is 0.945. The van der Waals surface area contributed by atoms with Gasteiger partial charge in [-0.15, -0.1) is 0 Å².